The van der Waals surface area contributed by atoms with Crippen LogP contribution in [0.3, 0.4) is 0 Å². The van der Waals surface area contributed by atoms with E-state index >= 15 is 0 Å². The van der Waals surface area contributed by atoms with E-state index in [0.29, 0.717) is 12.0 Å². The van der Waals surface area contributed by atoms with Crippen molar-refractivity contribution in [1.82, 2.24) is 5.32 Å². The first-order valence-electron chi connectivity index (χ1n) is 6.50. The van der Waals surface area contributed by atoms with Gasteiger partial charge in [0.25, 0.3) is 0 Å². The van der Waals surface area contributed by atoms with Gasteiger partial charge in [-0.05, 0) is 24.1 Å². The van der Waals surface area contributed by atoms with Gasteiger partial charge in [-0.25, -0.2) is 4.79 Å². The van der Waals surface area contributed by atoms with Crippen molar-refractivity contribution in [1.29, 1.82) is 0 Å². The molecule has 0 aliphatic carbocycles. The highest BCUT2D eigenvalue weighted by molar-refractivity contribution is 5.86. The Kier molecular flexibility index (Phi) is 5.99. The van der Waals surface area contributed by atoms with Crippen LogP contribution in [0.4, 0.5) is 0 Å². The van der Waals surface area contributed by atoms with E-state index in [0.717, 1.165) is 6.42 Å². The molecule has 6 heteroatoms. The summed E-state index contributed by atoms with van der Waals surface area (Å²) < 4.78 is 0. The van der Waals surface area contributed by atoms with Gasteiger partial charge in [-0.2, -0.15) is 0 Å². The Bertz CT molecular complexity index is 459. The van der Waals surface area contributed by atoms with Crippen molar-refractivity contribution in [2.24, 2.45) is 5.73 Å². The van der Waals surface area contributed by atoms with Crippen molar-refractivity contribution >= 4 is 11.9 Å². The van der Waals surface area contributed by atoms with Crippen LogP contribution in [0.2, 0.25) is 0 Å². The lowest BCUT2D eigenvalue weighted by molar-refractivity contribution is -0.142. The fourth-order valence-electron chi connectivity index (χ4n) is 1.79. The number of hydrogen-bond acceptors (Lipinski definition) is 4. The predicted octanol–water partition coefficient (Wildman–Crippen LogP) is 0.631. The Morgan fingerprint density at radius 3 is 2.40 bits per heavy atom. The first kappa shape index (κ1) is 16.0. The molecule has 1 aromatic carbocycles. The van der Waals surface area contributed by atoms with Crippen LogP contribution in [-0.4, -0.2) is 34.2 Å². The summed E-state index contributed by atoms with van der Waals surface area (Å²) in [6.07, 6.45) is 1.40. The molecule has 5 N–H and O–H groups in total. The summed E-state index contributed by atoms with van der Waals surface area (Å²) in [5, 5.41) is 20.8. The number of nitrogens with two attached hydrogens (primary N) is 1. The van der Waals surface area contributed by atoms with Crippen LogP contribution in [0.1, 0.15) is 25.3 Å². The van der Waals surface area contributed by atoms with E-state index < -0.39 is 24.0 Å². The van der Waals surface area contributed by atoms with Gasteiger partial charge in [0.05, 0.1) is 6.04 Å². The Morgan fingerprint density at radius 1 is 1.30 bits per heavy atom. The average Bonchev–Trinajstić information content (AvgIpc) is 2.40. The summed E-state index contributed by atoms with van der Waals surface area (Å²) in [6.45, 7) is 1.90. The van der Waals surface area contributed by atoms with Gasteiger partial charge < -0.3 is 21.3 Å². The molecule has 0 bridgehead atoms. The Balaban J connectivity index is 2.67. The Labute approximate surface area is 117 Å². The van der Waals surface area contributed by atoms with Gasteiger partial charge in [-0.3, -0.25) is 4.79 Å². The molecule has 2 atom stereocenters. The lowest BCUT2D eigenvalue weighted by Crippen LogP contribution is -2.49. The van der Waals surface area contributed by atoms with Crippen LogP contribution in [0.5, 0.6) is 5.75 Å². The SMILES string of the molecule is CCCC(N)C(=O)N[C@H](Cc1ccc(O)cc1)C(=O)O. The van der Waals surface area contributed by atoms with Crippen LogP contribution >= 0.6 is 0 Å². The second kappa shape index (κ2) is 7.49. The highest BCUT2D eigenvalue weighted by Crippen LogP contribution is 2.11. The summed E-state index contributed by atoms with van der Waals surface area (Å²) >= 11 is 0. The zero-order valence-electron chi connectivity index (χ0n) is 11.4. The Hall–Kier alpha value is -2.08. The van der Waals surface area contributed by atoms with Gasteiger partial charge in [0.15, 0.2) is 0 Å². The third-order valence-corrected chi connectivity index (χ3v) is 2.93. The van der Waals surface area contributed by atoms with Gasteiger partial charge in [-0.1, -0.05) is 25.5 Å². The molecule has 1 amide bonds. The normalized spacial score (nSPS) is 13.5. The van der Waals surface area contributed by atoms with Crippen molar-refractivity contribution in [3.8, 4) is 5.75 Å². The molecule has 0 fully saturated rings. The molecule has 0 saturated heterocycles. The van der Waals surface area contributed by atoms with Crippen molar-refractivity contribution in [3.63, 3.8) is 0 Å². The van der Waals surface area contributed by atoms with Crippen LogP contribution in [0.25, 0.3) is 0 Å². The zero-order valence-corrected chi connectivity index (χ0v) is 11.4. The highest BCUT2D eigenvalue weighted by atomic mass is 16.4. The molecule has 0 heterocycles. The number of phenolic OH excluding ortho intramolecular Hbond substituents is 1. The number of carbonyl (C=O) groups excluding carboxylic acids is 1. The van der Waals surface area contributed by atoms with Gasteiger partial charge in [0.2, 0.25) is 5.91 Å². The number of carboxylic acids is 1. The smallest absolute Gasteiger partial charge is 0.326 e. The fourth-order valence-corrected chi connectivity index (χ4v) is 1.79. The summed E-state index contributed by atoms with van der Waals surface area (Å²) in [5.41, 5.74) is 6.36. The van der Waals surface area contributed by atoms with Crippen LogP contribution in [0, 0.1) is 0 Å². The minimum atomic E-state index is -1.12. The summed E-state index contributed by atoms with van der Waals surface area (Å²) in [6, 6.07) is 4.45. The molecular formula is C14H20N2O4. The van der Waals surface area contributed by atoms with Crippen molar-refractivity contribution < 1.29 is 19.8 Å². The maximum Gasteiger partial charge on any atom is 0.326 e. The van der Waals surface area contributed by atoms with E-state index in [2.05, 4.69) is 5.32 Å². The van der Waals surface area contributed by atoms with E-state index in [1.807, 2.05) is 6.92 Å². The van der Waals surface area contributed by atoms with E-state index in [1.54, 1.807) is 12.1 Å². The molecule has 110 valence electrons. The predicted molar refractivity (Wildman–Crippen MR) is 74.3 cm³/mol. The standard InChI is InChI=1S/C14H20N2O4/c1-2-3-11(15)13(18)16-12(14(19)20)8-9-4-6-10(17)7-5-9/h4-7,11-12,17H,2-3,8,15H2,1H3,(H,16,18)(H,19,20)/t11?,12-/m1/s1. The van der Waals surface area contributed by atoms with E-state index in [1.165, 1.54) is 12.1 Å². The molecular weight excluding hydrogens is 260 g/mol. The zero-order chi connectivity index (χ0) is 15.1. The molecule has 1 aromatic rings. The summed E-state index contributed by atoms with van der Waals surface area (Å²) in [5.74, 6) is -1.47. The second-order valence-corrected chi connectivity index (χ2v) is 4.67. The quantitative estimate of drug-likeness (QED) is 0.585. The lowest BCUT2D eigenvalue weighted by Gasteiger charge is -2.17. The molecule has 0 radical (unpaired) electrons. The van der Waals surface area contributed by atoms with E-state index in [9.17, 15) is 14.7 Å². The van der Waals surface area contributed by atoms with Gasteiger partial charge in [0.1, 0.15) is 11.8 Å². The number of amides is 1. The molecule has 6 nitrogen and oxygen atoms in total. The number of benzene rings is 1. The largest absolute Gasteiger partial charge is 0.508 e. The minimum absolute atomic E-state index is 0.106. The number of aliphatic carboxylic acids is 1. The number of phenols is 1. The van der Waals surface area contributed by atoms with E-state index in [4.69, 9.17) is 10.8 Å². The molecule has 1 unspecified atom stereocenters. The monoisotopic (exact) mass is 280 g/mol. The molecule has 20 heavy (non-hydrogen) atoms. The first-order valence-corrected chi connectivity index (χ1v) is 6.50. The number of hydrogen-bond donors (Lipinski definition) is 4. The van der Waals surface area contributed by atoms with E-state index in [-0.39, 0.29) is 12.2 Å². The topological polar surface area (TPSA) is 113 Å². The maximum absolute atomic E-state index is 11.8. The van der Waals surface area contributed by atoms with Crippen molar-refractivity contribution in [3.05, 3.63) is 29.8 Å². The number of carboxylic acid groups (broad SMARTS) is 1. The summed E-state index contributed by atoms with van der Waals surface area (Å²) in [4.78, 5) is 22.9. The minimum Gasteiger partial charge on any atom is -0.508 e. The number of carbonyl (C=O) groups is 2. The molecule has 1 rings (SSSR count). The van der Waals surface area contributed by atoms with Crippen LogP contribution in [-0.2, 0) is 16.0 Å². The lowest BCUT2D eigenvalue weighted by atomic mass is 10.0. The average molecular weight is 280 g/mol. The van der Waals surface area contributed by atoms with Gasteiger partial charge in [0, 0.05) is 6.42 Å². The van der Waals surface area contributed by atoms with Gasteiger partial charge >= 0.3 is 5.97 Å². The molecule has 0 aliphatic heterocycles. The molecule has 0 saturated carbocycles. The Morgan fingerprint density at radius 2 is 1.90 bits per heavy atom. The second-order valence-electron chi connectivity index (χ2n) is 4.67. The summed E-state index contributed by atoms with van der Waals surface area (Å²) in [7, 11) is 0. The molecule has 0 spiro atoms. The fraction of sp³-hybridized carbons (Fsp3) is 0.429. The third kappa shape index (κ3) is 4.89. The highest BCUT2D eigenvalue weighted by Gasteiger charge is 2.23. The number of aromatic hydroxyl groups is 1. The van der Waals surface area contributed by atoms with Crippen LogP contribution in [0.15, 0.2) is 24.3 Å². The first-order chi connectivity index (χ1) is 9.43. The molecule has 0 aliphatic rings. The van der Waals surface area contributed by atoms with Gasteiger partial charge in [-0.15, -0.1) is 0 Å². The third-order valence-electron chi connectivity index (χ3n) is 2.93. The maximum atomic E-state index is 11.8. The van der Waals surface area contributed by atoms with Crippen LogP contribution < -0.4 is 11.1 Å². The van der Waals surface area contributed by atoms with Crippen molar-refractivity contribution in [2.45, 2.75) is 38.3 Å². The number of rotatable bonds is 7. The molecule has 0 aromatic heterocycles. The number of nitrogens with one attached hydrogen (secondary N) is 1. The van der Waals surface area contributed by atoms with Crippen molar-refractivity contribution in [2.75, 3.05) is 0 Å².